The lowest BCUT2D eigenvalue weighted by Gasteiger charge is -2.09. The minimum absolute atomic E-state index is 0.200. The van der Waals surface area contributed by atoms with Gasteiger partial charge in [0.25, 0.3) is 5.91 Å². The molecular formula is C15H10BrF3N4O. The molecule has 0 unspecified atom stereocenters. The van der Waals surface area contributed by atoms with Gasteiger partial charge in [-0.1, -0.05) is 22.0 Å². The molecule has 2 aromatic heterocycles. The average molecular weight is 399 g/mol. The van der Waals surface area contributed by atoms with Crippen LogP contribution >= 0.6 is 15.9 Å². The Hall–Kier alpha value is -2.42. The Bertz CT molecular complexity index is 936. The van der Waals surface area contributed by atoms with Crippen molar-refractivity contribution in [1.82, 2.24) is 14.8 Å². The number of hydrogen-bond donors (Lipinski definition) is 1. The number of halogens is 4. The molecule has 0 spiro atoms. The largest absolute Gasteiger partial charge is 0.435 e. The summed E-state index contributed by atoms with van der Waals surface area (Å²) in [5.41, 5.74) is -0.393. The smallest absolute Gasteiger partial charge is 0.319 e. The van der Waals surface area contributed by atoms with Crippen LogP contribution in [0.2, 0.25) is 0 Å². The van der Waals surface area contributed by atoms with E-state index in [0.29, 0.717) is 17.3 Å². The number of pyridine rings is 1. The van der Waals surface area contributed by atoms with Gasteiger partial charge in [0.15, 0.2) is 5.69 Å². The third-order valence-corrected chi connectivity index (χ3v) is 4.06. The zero-order valence-electron chi connectivity index (χ0n) is 12.2. The molecule has 0 aliphatic heterocycles. The second kappa shape index (κ2) is 5.90. The summed E-state index contributed by atoms with van der Waals surface area (Å²) in [4.78, 5) is 16.5. The summed E-state index contributed by atoms with van der Waals surface area (Å²) in [5, 5.41) is 6.69. The van der Waals surface area contributed by atoms with Gasteiger partial charge in [0, 0.05) is 29.2 Å². The van der Waals surface area contributed by atoms with Gasteiger partial charge in [0.05, 0.1) is 11.2 Å². The highest BCUT2D eigenvalue weighted by molar-refractivity contribution is 9.10. The molecule has 0 saturated heterocycles. The van der Waals surface area contributed by atoms with E-state index in [0.717, 1.165) is 14.5 Å². The Kier molecular flexibility index (Phi) is 4.04. The van der Waals surface area contributed by atoms with Crippen molar-refractivity contribution in [3.05, 3.63) is 52.4 Å². The van der Waals surface area contributed by atoms with E-state index in [1.165, 1.54) is 7.05 Å². The van der Waals surface area contributed by atoms with Gasteiger partial charge in [-0.25, -0.2) is 0 Å². The number of aryl methyl sites for hydroxylation is 1. The number of fused-ring (bicyclic) bond motifs is 1. The van der Waals surface area contributed by atoms with Gasteiger partial charge in [0.2, 0.25) is 0 Å². The molecule has 0 atom stereocenters. The summed E-state index contributed by atoms with van der Waals surface area (Å²) in [6, 6.07) is 7.62. The first-order valence-electron chi connectivity index (χ1n) is 6.73. The zero-order chi connectivity index (χ0) is 17.5. The molecule has 3 aromatic rings. The standard InChI is InChI=1S/C15H10BrF3N4O/c1-23-11(7-12(22-23)15(17,18)19)14(24)21-10-5-4-9(16)8-3-2-6-20-13(8)10/h2-7H,1H3,(H,21,24). The lowest BCUT2D eigenvalue weighted by molar-refractivity contribution is -0.141. The predicted molar refractivity (Wildman–Crippen MR) is 85.6 cm³/mol. The second-order valence-electron chi connectivity index (χ2n) is 4.98. The monoisotopic (exact) mass is 398 g/mol. The van der Waals surface area contributed by atoms with Crippen LogP contribution in [0, 0.1) is 0 Å². The molecule has 0 saturated carbocycles. The van der Waals surface area contributed by atoms with Crippen LogP contribution in [-0.2, 0) is 13.2 Å². The van der Waals surface area contributed by atoms with E-state index in [2.05, 4.69) is 31.3 Å². The van der Waals surface area contributed by atoms with Crippen molar-refractivity contribution in [2.75, 3.05) is 5.32 Å². The number of alkyl halides is 3. The van der Waals surface area contributed by atoms with Crippen molar-refractivity contribution >= 4 is 38.4 Å². The minimum atomic E-state index is -4.61. The third-order valence-electron chi connectivity index (χ3n) is 3.37. The van der Waals surface area contributed by atoms with Crippen LogP contribution in [0.4, 0.5) is 18.9 Å². The average Bonchev–Trinajstić information content (AvgIpc) is 2.92. The van der Waals surface area contributed by atoms with Crippen molar-refractivity contribution in [1.29, 1.82) is 0 Å². The molecule has 24 heavy (non-hydrogen) atoms. The van der Waals surface area contributed by atoms with Crippen LogP contribution in [0.25, 0.3) is 10.9 Å². The van der Waals surface area contributed by atoms with Crippen LogP contribution in [-0.4, -0.2) is 20.7 Å². The van der Waals surface area contributed by atoms with Gasteiger partial charge in [-0.15, -0.1) is 0 Å². The van der Waals surface area contributed by atoms with Gasteiger partial charge in [-0.3, -0.25) is 14.5 Å². The molecule has 0 aliphatic carbocycles. The highest BCUT2D eigenvalue weighted by Crippen LogP contribution is 2.30. The van der Waals surface area contributed by atoms with Gasteiger partial charge in [-0.2, -0.15) is 18.3 Å². The predicted octanol–water partition coefficient (Wildman–Crippen LogP) is 4.00. The normalized spacial score (nSPS) is 11.7. The van der Waals surface area contributed by atoms with E-state index in [9.17, 15) is 18.0 Å². The number of benzene rings is 1. The molecule has 5 nitrogen and oxygen atoms in total. The van der Waals surface area contributed by atoms with Crippen molar-refractivity contribution in [2.24, 2.45) is 7.05 Å². The summed E-state index contributed by atoms with van der Waals surface area (Å²) in [6.07, 6.45) is -3.04. The fourth-order valence-electron chi connectivity index (χ4n) is 2.24. The first-order valence-corrected chi connectivity index (χ1v) is 7.52. The fourth-order valence-corrected chi connectivity index (χ4v) is 2.70. The Morgan fingerprint density at radius 2 is 2.04 bits per heavy atom. The van der Waals surface area contributed by atoms with E-state index >= 15 is 0 Å². The van der Waals surface area contributed by atoms with Crippen LogP contribution in [0.1, 0.15) is 16.2 Å². The van der Waals surface area contributed by atoms with Gasteiger partial charge in [-0.05, 0) is 18.2 Å². The Morgan fingerprint density at radius 3 is 2.71 bits per heavy atom. The molecule has 3 rings (SSSR count). The fraction of sp³-hybridized carbons (Fsp3) is 0.133. The Morgan fingerprint density at radius 1 is 1.29 bits per heavy atom. The van der Waals surface area contributed by atoms with Crippen LogP contribution in [0.15, 0.2) is 41.0 Å². The summed E-state index contributed by atoms with van der Waals surface area (Å²) in [7, 11) is 1.28. The number of anilines is 1. The second-order valence-corrected chi connectivity index (χ2v) is 5.84. The first kappa shape index (κ1) is 16.4. The minimum Gasteiger partial charge on any atom is -0.319 e. The lowest BCUT2D eigenvalue weighted by Crippen LogP contribution is -2.16. The summed E-state index contributed by atoms with van der Waals surface area (Å²) >= 11 is 3.39. The van der Waals surface area contributed by atoms with Crippen molar-refractivity contribution < 1.29 is 18.0 Å². The maximum absolute atomic E-state index is 12.7. The molecule has 0 bridgehead atoms. The van der Waals surface area contributed by atoms with Crippen molar-refractivity contribution in [3.8, 4) is 0 Å². The number of carbonyl (C=O) groups is 1. The summed E-state index contributed by atoms with van der Waals surface area (Å²) < 4.78 is 39.8. The first-order chi connectivity index (χ1) is 11.3. The van der Waals surface area contributed by atoms with Crippen LogP contribution in [0.5, 0.6) is 0 Å². The molecule has 124 valence electrons. The van der Waals surface area contributed by atoms with Gasteiger partial charge < -0.3 is 5.32 Å². The number of nitrogens with one attached hydrogen (secondary N) is 1. The molecule has 9 heteroatoms. The number of rotatable bonds is 2. The van der Waals surface area contributed by atoms with E-state index in [4.69, 9.17) is 0 Å². The molecule has 1 aromatic carbocycles. The van der Waals surface area contributed by atoms with Crippen LogP contribution in [0.3, 0.4) is 0 Å². The van der Waals surface area contributed by atoms with E-state index < -0.39 is 17.8 Å². The maximum Gasteiger partial charge on any atom is 0.435 e. The number of carbonyl (C=O) groups excluding carboxylic acids is 1. The number of aromatic nitrogens is 3. The lowest BCUT2D eigenvalue weighted by atomic mass is 10.2. The summed E-state index contributed by atoms with van der Waals surface area (Å²) in [6.45, 7) is 0. The quantitative estimate of drug-likeness (QED) is 0.709. The Balaban J connectivity index is 1.97. The topological polar surface area (TPSA) is 59.8 Å². The molecule has 2 heterocycles. The molecule has 0 radical (unpaired) electrons. The maximum atomic E-state index is 12.7. The summed E-state index contributed by atoms with van der Waals surface area (Å²) in [5.74, 6) is -0.699. The third kappa shape index (κ3) is 2.99. The molecular weight excluding hydrogens is 389 g/mol. The van der Waals surface area contributed by atoms with E-state index in [-0.39, 0.29) is 5.69 Å². The molecule has 1 amide bonds. The number of hydrogen-bond acceptors (Lipinski definition) is 3. The molecule has 1 N–H and O–H groups in total. The number of nitrogens with zero attached hydrogens (tertiary/aromatic N) is 3. The highest BCUT2D eigenvalue weighted by Gasteiger charge is 2.35. The van der Waals surface area contributed by atoms with E-state index in [1.807, 2.05) is 6.07 Å². The van der Waals surface area contributed by atoms with Gasteiger partial charge in [0.1, 0.15) is 5.69 Å². The number of amides is 1. The van der Waals surface area contributed by atoms with Crippen molar-refractivity contribution in [3.63, 3.8) is 0 Å². The van der Waals surface area contributed by atoms with E-state index in [1.54, 1.807) is 24.4 Å². The van der Waals surface area contributed by atoms with Crippen molar-refractivity contribution in [2.45, 2.75) is 6.18 Å². The van der Waals surface area contributed by atoms with Crippen LogP contribution < -0.4 is 5.32 Å². The SMILES string of the molecule is Cn1nc(C(F)(F)F)cc1C(=O)Nc1ccc(Br)c2cccnc12. The van der Waals surface area contributed by atoms with Gasteiger partial charge >= 0.3 is 6.18 Å². The molecule has 0 fully saturated rings. The Labute approximate surface area is 142 Å². The zero-order valence-corrected chi connectivity index (χ0v) is 13.8. The molecule has 0 aliphatic rings. The highest BCUT2D eigenvalue weighted by atomic mass is 79.9.